The number of anilines is 1. The lowest BCUT2D eigenvalue weighted by Gasteiger charge is -2.07. The number of nitrogens with zero attached hydrogens (tertiary/aromatic N) is 3. The van der Waals surface area contributed by atoms with Gasteiger partial charge in [0, 0.05) is 37.9 Å². The van der Waals surface area contributed by atoms with Crippen molar-refractivity contribution in [2.45, 2.75) is 19.9 Å². The smallest absolute Gasteiger partial charge is 0.202 e. The predicted octanol–water partition coefficient (Wildman–Crippen LogP) is 1.95. The summed E-state index contributed by atoms with van der Waals surface area (Å²) in [6.07, 6.45) is 8.45. The first-order valence-corrected chi connectivity index (χ1v) is 5.54. The summed E-state index contributed by atoms with van der Waals surface area (Å²) in [5, 5.41) is 3.32. The van der Waals surface area contributed by atoms with Gasteiger partial charge in [0.15, 0.2) is 0 Å². The van der Waals surface area contributed by atoms with Gasteiger partial charge >= 0.3 is 0 Å². The summed E-state index contributed by atoms with van der Waals surface area (Å²) in [5.41, 5.74) is 1.24. The average molecular weight is 216 g/mol. The van der Waals surface area contributed by atoms with Crippen LogP contribution in [0.15, 0.2) is 36.9 Å². The van der Waals surface area contributed by atoms with E-state index in [2.05, 4.69) is 32.8 Å². The van der Waals surface area contributed by atoms with Crippen LogP contribution in [-0.2, 0) is 13.0 Å². The van der Waals surface area contributed by atoms with Crippen LogP contribution < -0.4 is 5.32 Å². The number of imidazole rings is 1. The Hall–Kier alpha value is -1.84. The third-order valence-corrected chi connectivity index (χ3v) is 2.48. The molecule has 4 heteroatoms. The molecule has 0 unspecified atom stereocenters. The third kappa shape index (κ3) is 2.59. The van der Waals surface area contributed by atoms with Crippen molar-refractivity contribution in [1.82, 2.24) is 14.5 Å². The first kappa shape index (κ1) is 10.7. The summed E-state index contributed by atoms with van der Waals surface area (Å²) in [4.78, 5) is 8.34. The second-order valence-corrected chi connectivity index (χ2v) is 3.57. The number of rotatable bonds is 5. The predicted molar refractivity (Wildman–Crippen MR) is 64.3 cm³/mol. The van der Waals surface area contributed by atoms with E-state index in [4.69, 9.17) is 0 Å². The van der Waals surface area contributed by atoms with Crippen LogP contribution in [0.2, 0.25) is 0 Å². The van der Waals surface area contributed by atoms with Gasteiger partial charge in [-0.05, 0) is 25.0 Å². The Kier molecular flexibility index (Phi) is 3.53. The molecule has 0 saturated carbocycles. The molecule has 1 N–H and O–H groups in total. The maximum atomic E-state index is 4.25. The summed E-state index contributed by atoms with van der Waals surface area (Å²) in [6.45, 7) is 3.92. The summed E-state index contributed by atoms with van der Waals surface area (Å²) in [7, 11) is 0. The van der Waals surface area contributed by atoms with Crippen molar-refractivity contribution in [2.24, 2.45) is 0 Å². The van der Waals surface area contributed by atoms with Crippen molar-refractivity contribution in [2.75, 3.05) is 11.9 Å². The number of aryl methyl sites for hydroxylation is 1. The molecule has 2 heterocycles. The Balaban J connectivity index is 1.85. The maximum Gasteiger partial charge on any atom is 0.202 e. The number of nitrogens with one attached hydrogen (secondary N) is 1. The second kappa shape index (κ2) is 5.30. The van der Waals surface area contributed by atoms with Crippen LogP contribution in [0.1, 0.15) is 12.5 Å². The van der Waals surface area contributed by atoms with Crippen LogP contribution in [0, 0.1) is 0 Å². The number of aromatic nitrogens is 3. The van der Waals surface area contributed by atoms with Gasteiger partial charge in [-0.15, -0.1) is 0 Å². The fourth-order valence-corrected chi connectivity index (χ4v) is 1.60. The van der Waals surface area contributed by atoms with Crippen molar-refractivity contribution in [1.29, 1.82) is 0 Å². The van der Waals surface area contributed by atoms with Gasteiger partial charge in [-0.3, -0.25) is 4.98 Å². The molecule has 0 radical (unpaired) electrons. The van der Waals surface area contributed by atoms with Crippen LogP contribution in [0.5, 0.6) is 0 Å². The van der Waals surface area contributed by atoms with E-state index in [0.29, 0.717) is 0 Å². The molecule has 4 nitrogen and oxygen atoms in total. The molecule has 0 fully saturated rings. The van der Waals surface area contributed by atoms with E-state index in [0.717, 1.165) is 25.5 Å². The van der Waals surface area contributed by atoms with Crippen molar-refractivity contribution < 1.29 is 0 Å². The fraction of sp³-hybridized carbons (Fsp3) is 0.333. The van der Waals surface area contributed by atoms with Gasteiger partial charge in [0.05, 0.1) is 0 Å². The van der Waals surface area contributed by atoms with Crippen molar-refractivity contribution in [3.63, 3.8) is 0 Å². The fourth-order valence-electron chi connectivity index (χ4n) is 1.60. The Morgan fingerprint density at radius 1 is 1.38 bits per heavy atom. The second-order valence-electron chi connectivity index (χ2n) is 3.57. The minimum absolute atomic E-state index is 0.878. The van der Waals surface area contributed by atoms with E-state index in [1.807, 2.05) is 24.7 Å². The van der Waals surface area contributed by atoms with Crippen LogP contribution in [0.4, 0.5) is 5.95 Å². The summed E-state index contributed by atoms with van der Waals surface area (Å²) < 4.78 is 2.09. The Morgan fingerprint density at radius 2 is 2.31 bits per heavy atom. The zero-order chi connectivity index (χ0) is 11.2. The lowest BCUT2D eigenvalue weighted by atomic mass is 10.2. The SMILES string of the molecule is CCn1ccnc1NCCc1cccnc1. The van der Waals surface area contributed by atoms with Crippen LogP contribution in [0.25, 0.3) is 0 Å². The molecular weight excluding hydrogens is 200 g/mol. The minimum Gasteiger partial charge on any atom is -0.355 e. The Labute approximate surface area is 95.4 Å². The minimum atomic E-state index is 0.878. The molecule has 0 bridgehead atoms. The first-order valence-electron chi connectivity index (χ1n) is 5.54. The molecule has 2 aromatic heterocycles. The molecule has 2 aromatic rings. The topological polar surface area (TPSA) is 42.7 Å². The van der Waals surface area contributed by atoms with Crippen molar-refractivity contribution >= 4 is 5.95 Å². The molecule has 0 aliphatic carbocycles. The van der Waals surface area contributed by atoms with Gasteiger partial charge in [0.2, 0.25) is 5.95 Å². The van der Waals surface area contributed by atoms with Gasteiger partial charge in [-0.25, -0.2) is 4.98 Å². The van der Waals surface area contributed by atoms with E-state index < -0.39 is 0 Å². The Bertz CT molecular complexity index is 422. The highest BCUT2D eigenvalue weighted by Crippen LogP contribution is 2.04. The van der Waals surface area contributed by atoms with Crippen LogP contribution >= 0.6 is 0 Å². The Morgan fingerprint density at radius 3 is 3.06 bits per heavy atom. The molecule has 0 amide bonds. The van der Waals surface area contributed by atoms with Gasteiger partial charge in [0.1, 0.15) is 0 Å². The lowest BCUT2D eigenvalue weighted by Crippen LogP contribution is -2.10. The lowest BCUT2D eigenvalue weighted by molar-refractivity contribution is 0.762. The van der Waals surface area contributed by atoms with Gasteiger partial charge in [-0.1, -0.05) is 6.07 Å². The standard InChI is InChI=1S/C12H16N4/c1-2-16-9-8-15-12(16)14-7-5-11-4-3-6-13-10-11/h3-4,6,8-10H,2,5,7H2,1H3,(H,14,15). The molecule has 16 heavy (non-hydrogen) atoms. The molecular formula is C12H16N4. The van der Waals surface area contributed by atoms with Crippen molar-refractivity contribution in [3.05, 3.63) is 42.5 Å². The first-order chi connectivity index (χ1) is 7.90. The van der Waals surface area contributed by atoms with E-state index in [9.17, 15) is 0 Å². The van der Waals surface area contributed by atoms with E-state index >= 15 is 0 Å². The highest BCUT2D eigenvalue weighted by molar-refractivity contribution is 5.26. The molecule has 0 saturated heterocycles. The van der Waals surface area contributed by atoms with Crippen LogP contribution in [-0.4, -0.2) is 21.1 Å². The van der Waals surface area contributed by atoms with Gasteiger partial charge in [-0.2, -0.15) is 0 Å². The average Bonchev–Trinajstić information content (AvgIpc) is 2.78. The summed E-state index contributed by atoms with van der Waals surface area (Å²) in [6, 6.07) is 4.04. The number of hydrogen-bond acceptors (Lipinski definition) is 3. The number of pyridine rings is 1. The molecule has 84 valence electrons. The monoisotopic (exact) mass is 216 g/mol. The maximum absolute atomic E-state index is 4.25. The van der Waals surface area contributed by atoms with Crippen molar-refractivity contribution in [3.8, 4) is 0 Å². The molecule has 0 atom stereocenters. The molecule has 0 aromatic carbocycles. The number of hydrogen-bond donors (Lipinski definition) is 1. The molecule has 2 rings (SSSR count). The van der Waals surface area contributed by atoms with E-state index in [-0.39, 0.29) is 0 Å². The molecule has 0 spiro atoms. The molecule has 0 aliphatic heterocycles. The highest BCUT2D eigenvalue weighted by Gasteiger charge is 1.99. The van der Waals surface area contributed by atoms with Crippen LogP contribution in [0.3, 0.4) is 0 Å². The summed E-state index contributed by atoms with van der Waals surface area (Å²) >= 11 is 0. The van der Waals surface area contributed by atoms with E-state index in [1.54, 1.807) is 6.20 Å². The zero-order valence-electron chi connectivity index (χ0n) is 9.43. The zero-order valence-corrected chi connectivity index (χ0v) is 9.43. The highest BCUT2D eigenvalue weighted by atomic mass is 15.2. The largest absolute Gasteiger partial charge is 0.355 e. The normalized spacial score (nSPS) is 10.3. The van der Waals surface area contributed by atoms with E-state index in [1.165, 1.54) is 5.56 Å². The van der Waals surface area contributed by atoms with Gasteiger partial charge < -0.3 is 9.88 Å². The van der Waals surface area contributed by atoms with Gasteiger partial charge in [0.25, 0.3) is 0 Å². The quantitative estimate of drug-likeness (QED) is 0.830. The third-order valence-electron chi connectivity index (χ3n) is 2.48. The molecule has 0 aliphatic rings. The summed E-state index contributed by atoms with van der Waals surface area (Å²) in [5.74, 6) is 0.936.